The number of carbonyl (C=O) groups excluding carboxylic acids is 3. The number of halogens is 1. The Bertz CT molecular complexity index is 1460. The van der Waals surface area contributed by atoms with Crippen LogP contribution < -0.4 is 5.32 Å². The van der Waals surface area contributed by atoms with Crippen LogP contribution in [0.5, 0.6) is 0 Å². The molecule has 9 heteroatoms. The van der Waals surface area contributed by atoms with E-state index < -0.39 is 29.2 Å². The predicted molar refractivity (Wildman–Crippen MR) is 136 cm³/mol. The molecule has 5 rings (SSSR count). The third-order valence-electron chi connectivity index (χ3n) is 7.52. The number of rotatable bonds is 5. The van der Waals surface area contributed by atoms with Crippen molar-refractivity contribution in [3.05, 3.63) is 65.6 Å². The molecule has 1 aromatic heterocycles. The van der Waals surface area contributed by atoms with Gasteiger partial charge in [0.1, 0.15) is 23.6 Å². The second-order valence-electron chi connectivity index (χ2n) is 10.3. The zero-order valence-corrected chi connectivity index (χ0v) is 20.9. The van der Waals surface area contributed by atoms with Crippen LogP contribution in [0.4, 0.5) is 10.1 Å². The first kappa shape index (κ1) is 24.5. The third kappa shape index (κ3) is 3.93. The van der Waals surface area contributed by atoms with Crippen LogP contribution in [0.2, 0.25) is 0 Å². The van der Waals surface area contributed by atoms with Crippen molar-refractivity contribution >= 4 is 34.3 Å². The lowest BCUT2D eigenvalue weighted by Crippen LogP contribution is -2.52. The molecule has 1 saturated heterocycles. The molecule has 3 aromatic rings. The average molecular weight is 502 g/mol. The summed E-state index contributed by atoms with van der Waals surface area (Å²) >= 11 is 0. The fraction of sp³-hybridized carbons (Fsp3) is 0.357. The SMILES string of the molecule is CC(C)CC(C(=O)N1C[C@]2(C[C@H]1C#N)C(=O)Nc1ccccc12)N(C)C(=O)c1cc2c(F)cccc2[nH]1. The van der Waals surface area contributed by atoms with Gasteiger partial charge in [0.2, 0.25) is 11.8 Å². The number of likely N-dealkylation sites (N-methyl/N-ethyl adjacent to an activating group) is 1. The van der Waals surface area contributed by atoms with Crippen LogP contribution in [0.3, 0.4) is 0 Å². The molecule has 0 bridgehead atoms. The smallest absolute Gasteiger partial charge is 0.270 e. The van der Waals surface area contributed by atoms with Crippen LogP contribution in [-0.2, 0) is 15.0 Å². The molecule has 37 heavy (non-hydrogen) atoms. The molecular formula is C28H28FN5O3. The van der Waals surface area contributed by atoms with E-state index in [0.29, 0.717) is 23.0 Å². The Kier molecular flexibility index (Phi) is 5.98. The largest absolute Gasteiger partial charge is 0.350 e. The lowest BCUT2D eigenvalue weighted by Gasteiger charge is -2.33. The minimum Gasteiger partial charge on any atom is -0.350 e. The Balaban J connectivity index is 1.46. The van der Waals surface area contributed by atoms with E-state index >= 15 is 0 Å². The fourth-order valence-electron chi connectivity index (χ4n) is 5.61. The number of hydrogen-bond acceptors (Lipinski definition) is 4. The highest BCUT2D eigenvalue weighted by Gasteiger charge is 2.56. The van der Waals surface area contributed by atoms with E-state index in [0.717, 1.165) is 5.56 Å². The first-order valence-corrected chi connectivity index (χ1v) is 12.3. The van der Waals surface area contributed by atoms with E-state index in [4.69, 9.17) is 0 Å². The summed E-state index contributed by atoms with van der Waals surface area (Å²) in [6.07, 6.45) is 0.547. The average Bonchev–Trinajstić information content (AvgIpc) is 3.56. The van der Waals surface area contributed by atoms with Crippen LogP contribution in [-0.4, -0.2) is 58.2 Å². The number of likely N-dealkylation sites (tertiary alicyclic amines) is 1. The van der Waals surface area contributed by atoms with Gasteiger partial charge in [0.05, 0.1) is 11.5 Å². The number of nitrogens with zero attached hydrogens (tertiary/aromatic N) is 3. The van der Waals surface area contributed by atoms with Crippen LogP contribution in [0, 0.1) is 23.1 Å². The van der Waals surface area contributed by atoms with E-state index in [1.54, 1.807) is 19.2 Å². The molecule has 8 nitrogen and oxygen atoms in total. The van der Waals surface area contributed by atoms with Gasteiger partial charge in [-0.25, -0.2) is 4.39 Å². The second kappa shape index (κ2) is 9.04. The van der Waals surface area contributed by atoms with Crippen molar-refractivity contribution in [2.75, 3.05) is 18.9 Å². The van der Waals surface area contributed by atoms with Crippen LogP contribution in [0.25, 0.3) is 10.9 Å². The Hall–Kier alpha value is -4.19. The number of anilines is 1. The number of para-hydroxylation sites is 1. The number of nitrogens with one attached hydrogen (secondary N) is 2. The van der Waals surface area contributed by atoms with Gasteiger partial charge < -0.3 is 20.1 Å². The van der Waals surface area contributed by atoms with Gasteiger partial charge >= 0.3 is 0 Å². The van der Waals surface area contributed by atoms with Gasteiger partial charge in [-0.2, -0.15) is 5.26 Å². The standard InChI is InChI=1S/C28H28FN5O3/c1-16(2)11-24(33(3)25(35)23-12-18-20(29)8-6-10-21(18)31-23)26(36)34-15-28(13-17(34)14-30)19-7-4-5-9-22(19)32-27(28)37/h4-10,12,16-17,24,31H,11,13,15H2,1-3H3,(H,32,37)/t17-,24?,28-/m0/s1. The summed E-state index contributed by atoms with van der Waals surface area (Å²) in [7, 11) is 1.54. The highest BCUT2D eigenvalue weighted by molar-refractivity contribution is 6.07. The topological polar surface area (TPSA) is 109 Å². The molecule has 3 amide bonds. The summed E-state index contributed by atoms with van der Waals surface area (Å²) in [5.41, 5.74) is 1.12. The molecule has 2 aliphatic rings. The molecule has 0 radical (unpaired) electrons. The van der Waals surface area contributed by atoms with Crippen LogP contribution in [0.15, 0.2) is 48.5 Å². The monoisotopic (exact) mass is 501 g/mol. The summed E-state index contributed by atoms with van der Waals surface area (Å²) < 4.78 is 14.2. The molecular weight excluding hydrogens is 473 g/mol. The van der Waals surface area contributed by atoms with Gasteiger partial charge in [0.25, 0.3) is 5.91 Å². The number of aromatic amines is 1. The van der Waals surface area contributed by atoms with Gasteiger partial charge in [-0.05, 0) is 42.2 Å². The van der Waals surface area contributed by atoms with Crippen molar-refractivity contribution < 1.29 is 18.8 Å². The number of carbonyl (C=O) groups is 3. The van der Waals surface area contributed by atoms with Crippen molar-refractivity contribution in [3.63, 3.8) is 0 Å². The summed E-state index contributed by atoms with van der Waals surface area (Å²) in [6.45, 7) is 3.96. The predicted octanol–water partition coefficient (Wildman–Crippen LogP) is 3.81. The molecule has 190 valence electrons. The van der Waals surface area contributed by atoms with Crippen LogP contribution in [0.1, 0.15) is 42.7 Å². The molecule has 1 unspecified atom stereocenters. The third-order valence-corrected chi connectivity index (χ3v) is 7.52. The first-order chi connectivity index (χ1) is 17.7. The van der Waals surface area contributed by atoms with Crippen molar-refractivity contribution in [2.24, 2.45) is 5.92 Å². The normalized spacial score (nSPS) is 21.2. The number of amides is 3. The minimum atomic E-state index is -1.01. The molecule has 3 atom stereocenters. The van der Waals surface area contributed by atoms with Crippen molar-refractivity contribution in [3.8, 4) is 6.07 Å². The fourth-order valence-corrected chi connectivity index (χ4v) is 5.61. The lowest BCUT2D eigenvalue weighted by atomic mass is 9.80. The number of H-pyrrole nitrogens is 1. The maximum atomic E-state index is 14.2. The van der Waals surface area contributed by atoms with Crippen LogP contribution >= 0.6 is 0 Å². The zero-order valence-electron chi connectivity index (χ0n) is 20.9. The summed E-state index contributed by atoms with van der Waals surface area (Å²) in [4.78, 5) is 46.3. The van der Waals surface area contributed by atoms with E-state index in [1.165, 1.54) is 21.9 Å². The van der Waals surface area contributed by atoms with Crippen molar-refractivity contribution in [1.29, 1.82) is 5.26 Å². The maximum absolute atomic E-state index is 14.2. The Labute approximate surface area is 214 Å². The van der Waals surface area contributed by atoms with E-state index in [-0.39, 0.29) is 36.4 Å². The number of aromatic nitrogens is 1. The summed E-state index contributed by atoms with van der Waals surface area (Å²) in [5, 5.41) is 13.1. The molecule has 2 aromatic carbocycles. The zero-order chi connectivity index (χ0) is 26.5. The second-order valence-corrected chi connectivity index (χ2v) is 10.3. The Morgan fingerprint density at radius 2 is 2.00 bits per heavy atom. The lowest BCUT2D eigenvalue weighted by molar-refractivity contribution is -0.136. The Morgan fingerprint density at radius 1 is 1.24 bits per heavy atom. The van der Waals surface area contributed by atoms with E-state index in [1.807, 2.05) is 38.1 Å². The number of nitriles is 1. The number of fused-ring (bicyclic) bond motifs is 3. The first-order valence-electron chi connectivity index (χ1n) is 12.3. The van der Waals surface area contributed by atoms with Gasteiger partial charge in [-0.3, -0.25) is 14.4 Å². The van der Waals surface area contributed by atoms with Gasteiger partial charge in [0, 0.05) is 36.6 Å². The molecule has 0 saturated carbocycles. The van der Waals surface area contributed by atoms with E-state index in [2.05, 4.69) is 16.4 Å². The molecule has 2 aliphatic heterocycles. The number of benzene rings is 2. The van der Waals surface area contributed by atoms with Gasteiger partial charge in [0.15, 0.2) is 0 Å². The maximum Gasteiger partial charge on any atom is 0.270 e. The van der Waals surface area contributed by atoms with Gasteiger partial charge in [-0.15, -0.1) is 0 Å². The summed E-state index contributed by atoms with van der Waals surface area (Å²) in [6, 6.07) is 13.9. The number of hydrogen-bond donors (Lipinski definition) is 2. The molecule has 1 fully saturated rings. The Morgan fingerprint density at radius 3 is 2.70 bits per heavy atom. The minimum absolute atomic E-state index is 0.0567. The van der Waals surface area contributed by atoms with Crippen molar-refractivity contribution in [1.82, 2.24) is 14.8 Å². The van der Waals surface area contributed by atoms with E-state index in [9.17, 15) is 24.0 Å². The molecule has 2 N–H and O–H groups in total. The van der Waals surface area contributed by atoms with Gasteiger partial charge in [-0.1, -0.05) is 38.1 Å². The highest BCUT2D eigenvalue weighted by atomic mass is 19.1. The van der Waals surface area contributed by atoms with Crippen molar-refractivity contribution in [2.45, 2.75) is 44.2 Å². The highest BCUT2D eigenvalue weighted by Crippen LogP contribution is 2.46. The molecule has 3 heterocycles. The quantitative estimate of drug-likeness (QED) is 0.554. The summed E-state index contributed by atoms with van der Waals surface area (Å²) in [5.74, 6) is -1.45. The molecule has 0 aliphatic carbocycles. The molecule has 1 spiro atoms.